The number of pyridine rings is 1. The van der Waals surface area contributed by atoms with E-state index in [1.807, 2.05) is 31.9 Å². The molecule has 0 atom stereocenters. The number of likely N-dealkylation sites (N-methyl/N-ethyl adjacent to an activating group) is 1. The molecule has 1 heterocycles. The molecular weight excluding hydrogens is 174 g/mol. The number of hydrogen-bond donors (Lipinski definition) is 1. The van der Waals surface area contributed by atoms with E-state index in [4.69, 9.17) is 5.73 Å². The highest BCUT2D eigenvalue weighted by atomic mass is 15.2. The van der Waals surface area contributed by atoms with E-state index >= 15 is 0 Å². The Bertz CT molecular complexity index is 344. The second-order valence-electron chi connectivity index (χ2n) is 3.68. The minimum atomic E-state index is 0.747. The average Bonchev–Trinajstić information content (AvgIpc) is 2.08. The fraction of sp³-hybridized carbons (Fsp3) is 0.364. The molecule has 76 valence electrons. The summed E-state index contributed by atoms with van der Waals surface area (Å²) in [7, 11) is 1.97. The first-order valence-electron chi connectivity index (χ1n) is 4.59. The number of anilines is 2. The average molecular weight is 191 g/mol. The van der Waals surface area contributed by atoms with Crippen LogP contribution in [0.3, 0.4) is 0 Å². The first-order chi connectivity index (χ1) is 6.52. The smallest absolute Gasteiger partial charge is 0.152 e. The van der Waals surface area contributed by atoms with Gasteiger partial charge in [0.2, 0.25) is 0 Å². The van der Waals surface area contributed by atoms with Crippen LogP contribution in [-0.4, -0.2) is 18.6 Å². The molecule has 0 spiro atoms. The van der Waals surface area contributed by atoms with Crippen LogP contribution in [-0.2, 0) is 0 Å². The van der Waals surface area contributed by atoms with Crippen molar-refractivity contribution in [2.45, 2.75) is 13.8 Å². The van der Waals surface area contributed by atoms with E-state index in [0.29, 0.717) is 0 Å². The number of nitrogen functional groups attached to an aromatic ring is 1. The Labute approximate surface area is 85.3 Å². The molecule has 0 saturated carbocycles. The van der Waals surface area contributed by atoms with Gasteiger partial charge in [-0.1, -0.05) is 12.2 Å². The third kappa shape index (κ3) is 2.25. The highest BCUT2D eigenvalue weighted by molar-refractivity contribution is 5.66. The Kier molecular flexibility index (Phi) is 3.12. The number of hydrogen-bond acceptors (Lipinski definition) is 3. The largest absolute Gasteiger partial charge is 0.396 e. The van der Waals surface area contributed by atoms with Gasteiger partial charge in [-0.25, -0.2) is 4.98 Å². The summed E-state index contributed by atoms with van der Waals surface area (Å²) in [5, 5.41) is 0. The maximum absolute atomic E-state index is 5.93. The van der Waals surface area contributed by atoms with E-state index in [9.17, 15) is 0 Å². The Morgan fingerprint density at radius 3 is 2.86 bits per heavy atom. The van der Waals surface area contributed by atoms with Crippen LogP contribution >= 0.6 is 0 Å². The van der Waals surface area contributed by atoms with Crippen molar-refractivity contribution in [3.8, 4) is 0 Å². The third-order valence-electron chi connectivity index (χ3n) is 2.06. The van der Waals surface area contributed by atoms with Gasteiger partial charge in [-0.2, -0.15) is 0 Å². The molecule has 0 aliphatic heterocycles. The van der Waals surface area contributed by atoms with E-state index in [0.717, 1.165) is 29.2 Å². The summed E-state index contributed by atoms with van der Waals surface area (Å²) in [6, 6.07) is 1.91. The summed E-state index contributed by atoms with van der Waals surface area (Å²) < 4.78 is 0. The lowest BCUT2D eigenvalue weighted by Crippen LogP contribution is -2.21. The van der Waals surface area contributed by atoms with Crippen molar-refractivity contribution in [3.05, 3.63) is 30.0 Å². The number of aryl methyl sites for hydroxylation is 1. The van der Waals surface area contributed by atoms with Crippen LogP contribution in [0.15, 0.2) is 24.4 Å². The SMILES string of the molecule is C=C(C)CN(C)c1nccc(C)c1N. The normalized spacial score (nSPS) is 9.93. The zero-order valence-electron chi connectivity index (χ0n) is 9.04. The maximum Gasteiger partial charge on any atom is 0.152 e. The van der Waals surface area contributed by atoms with Crippen LogP contribution in [0, 0.1) is 6.92 Å². The van der Waals surface area contributed by atoms with Crippen LogP contribution in [0.5, 0.6) is 0 Å². The fourth-order valence-electron chi connectivity index (χ4n) is 1.34. The summed E-state index contributed by atoms with van der Waals surface area (Å²) in [4.78, 5) is 6.26. The van der Waals surface area contributed by atoms with Gasteiger partial charge < -0.3 is 10.6 Å². The number of nitrogens with zero attached hydrogens (tertiary/aromatic N) is 2. The first-order valence-corrected chi connectivity index (χ1v) is 4.59. The molecule has 0 aromatic carbocycles. The molecule has 1 rings (SSSR count). The molecule has 0 aliphatic rings. The molecule has 0 bridgehead atoms. The van der Waals surface area contributed by atoms with Gasteiger partial charge in [-0.05, 0) is 25.5 Å². The highest BCUT2D eigenvalue weighted by Crippen LogP contribution is 2.22. The lowest BCUT2D eigenvalue weighted by Gasteiger charge is -2.20. The number of nitrogens with two attached hydrogens (primary N) is 1. The van der Waals surface area contributed by atoms with Crippen LogP contribution < -0.4 is 10.6 Å². The van der Waals surface area contributed by atoms with E-state index in [-0.39, 0.29) is 0 Å². The topological polar surface area (TPSA) is 42.2 Å². The Balaban J connectivity index is 2.95. The highest BCUT2D eigenvalue weighted by Gasteiger charge is 2.07. The van der Waals surface area contributed by atoms with Crippen LogP contribution in [0.4, 0.5) is 11.5 Å². The quantitative estimate of drug-likeness (QED) is 0.743. The van der Waals surface area contributed by atoms with Crippen molar-refractivity contribution in [1.82, 2.24) is 4.98 Å². The van der Waals surface area contributed by atoms with E-state index in [2.05, 4.69) is 11.6 Å². The van der Waals surface area contributed by atoms with Gasteiger partial charge in [0.15, 0.2) is 5.82 Å². The minimum absolute atomic E-state index is 0.747. The zero-order chi connectivity index (χ0) is 10.7. The molecule has 0 fully saturated rings. The molecule has 0 aliphatic carbocycles. The van der Waals surface area contributed by atoms with Gasteiger partial charge in [0.1, 0.15) is 0 Å². The molecule has 1 aromatic rings. The Hall–Kier alpha value is -1.51. The molecule has 0 amide bonds. The molecule has 2 N–H and O–H groups in total. The second-order valence-corrected chi connectivity index (χ2v) is 3.68. The Morgan fingerprint density at radius 1 is 1.64 bits per heavy atom. The van der Waals surface area contributed by atoms with Crippen molar-refractivity contribution in [1.29, 1.82) is 0 Å². The van der Waals surface area contributed by atoms with Crippen LogP contribution in [0.25, 0.3) is 0 Å². The van der Waals surface area contributed by atoms with Crippen molar-refractivity contribution in [2.24, 2.45) is 0 Å². The molecule has 0 saturated heterocycles. The number of aromatic nitrogens is 1. The molecule has 0 radical (unpaired) electrons. The molecule has 1 aromatic heterocycles. The van der Waals surface area contributed by atoms with Gasteiger partial charge in [-0.3, -0.25) is 0 Å². The zero-order valence-corrected chi connectivity index (χ0v) is 9.04. The first kappa shape index (κ1) is 10.6. The predicted molar refractivity (Wildman–Crippen MR) is 61.5 cm³/mol. The second kappa shape index (κ2) is 4.13. The minimum Gasteiger partial charge on any atom is -0.396 e. The van der Waals surface area contributed by atoms with Gasteiger partial charge in [0, 0.05) is 19.8 Å². The van der Waals surface area contributed by atoms with Gasteiger partial charge in [0.25, 0.3) is 0 Å². The van der Waals surface area contributed by atoms with Gasteiger partial charge >= 0.3 is 0 Å². The summed E-state index contributed by atoms with van der Waals surface area (Å²) in [5.41, 5.74) is 8.82. The summed E-state index contributed by atoms with van der Waals surface area (Å²) in [5.74, 6) is 0.827. The van der Waals surface area contributed by atoms with Crippen molar-refractivity contribution in [3.63, 3.8) is 0 Å². The van der Waals surface area contributed by atoms with E-state index in [1.54, 1.807) is 6.20 Å². The lowest BCUT2D eigenvalue weighted by molar-refractivity contribution is 0.955. The van der Waals surface area contributed by atoms with Gasteiger partial charge in [0.05, 0.1) is 5.69 Å². The van der Waals surface area contributed by atoms with Crippen molar-refractivity contribution >= 4 is 11.5 Å². The molecular formula is C11H17N3. The van der Waals surface area contributed by atoms with Gasteiger partial charge in [-0.15, -0.1) is 0 Å². The van der Waals surface area contributed by atoms with Crippen LogP contribution in [0.1, 0.15) is 12.5 Å². The summed E-state index contributed by atoms with van der Waals surface area (Å²) in [6.07, 6.45) is 1.77. The molecule has 3 nitrogen and oxygen atoms in total. The third-order valence-corrected chi connectivity index (χ3v) is 2.06. The van der Waals surface area contributed by atoms with Crippen molar-refractivity contribution in [2.75, 3.05) is 24.2 Å². The maximum atomic E-state index is 5.93. The monoisotopic (exact) mass is 191 g/mol. The molecule has 0 unspecified atom stereocenters. The molecule has 14 heavy (non-hydrogen) atoms. The standard InChI is InChI=1S/C11H17N3/c1-8(2)7-14(4)11-10(12)9(3)5-6-13-11/h5-6H,1,7,12H2,2-4H3. The summed E-state index contributed by atoms with van der Waals surface area (Å²) >= 11 is 0. The lowest BCUT2D eigenvalue weighted by atomic mass is 10.2. The van der Waals surface area contributed by atoms with E-state index in [1.165, 1.54) is 0 Å². The van der Waals surface area contributed by atoms with Crippen LogP contribution in [0.2, 0.25) is 0 Å². The predicted octanol–water partition coefficient (Wildman–Crippen LogP) is 1.98. The number of rotatable bonds is 3. The Morgan fingerprint density at radius 2 is 2.29 bits per heavy atom. The van der Waals surface area contributed by atoms with E-state index < -0.39 is 0 Å². The van der Waals surface area contributed by atoms with Crippen molar-refractivity contribution < 1.29 is 0 Å². The summed E-state index contributed by atoms with van der Waals surface area (Å²) in [6.45, 7) is 8.61. The molecule has 3 heteroatoms. The fourth-order valence-corrected chi connectivity index (χ4v) is 1.34.